The standard InChI is InChI=1S/C16H21NO2S/c1-4-5-16-17-13(10-20-16)9-19-15-7-6-11(2)8-14(15)12(3)18/h6-8,10,12,18H,4-5,9H2,1-3H3. The molecule has 0 spiro atoms. The van der Waals surface area contributed by atoms with Crippen molar-refractivity contribution in [2.45, 2.75) is 46.3 Å². The zero-order valence-corrected chi connectivity index (χ0v) is 13.0. The van der Waals surface area contributed by atoms with Gasteiger partial charge in [-0.2, -0.15) is 0 Å². The van der Waals surface area contributed by atoms with Crippen molar-refractivity contribution < 1.29 is 9.84 Å². The molecule has 2 rings (SSSR count). The Kier molecular flexibility index (Phi) is 5.15. The van der Waals surface area contributed by atoms with Gasteiger partial charge in [0.1, 0.15) is 12.4 Å². The molecule has 1 heterocycles. The van der Waals surface area contributed by atoms with E-state index in [1.165, 1.54) is 0 Å². The largest absolute Gasteiger partial charge is 0.487 e. The highest BCUT2D eigenvalue weighted by atomic mass is 32.1. The first-order valence-electron chi connectivity index (χ1n) is 6.94. The van der Waals surface area contributed by atoms with Crippen LogP contribution in [0.1, 0.15) is 48.2 Å². The predicted molar refractivity (Wildman–Crippen MR) is 82.3 cm³/mol. The summed E-state index contributed by atoms with van der Waals surface area (Å²) in [7, 11) is 0. The fourth-order valence-electron chi connectivity index (χ4n) is 2.02. The van der Waals surface area contributed by atoms with Crippen molar-refractivity contribution in [1.29, 1.82) is 0 Å². The fourth-order valence-corrected chi connectivity index (χ4v) is 2.91. The zero-order valence-electron chi connectivity index (χ0n) is 12.2. The quantitative estimate of drug-likeness (QED) is 0.873. The maximum Gasteiger partial charge on any atom is 0.131 e. The topological polar surface area (TPSA) is 42.4 Å². The Morgan fingerprint density at radius 3 is 2.90 bits per heavy atom. The Bertz CT molecular complexity index is 563. The number of nitrogens with zero attached hydrogens (tertiary/aromatic N) is 1. The van der Waals surface area contributed by atoms with E-state index in [0.29, 0.717) is 6.61 Å². The van der Waals surface area contributed by atoms with Crippen LogP contribution in [0, 0.1) is 6.92 Å². The molecule has 0 fully saturated rings. The summed E-state index contributed by atoms with van der Waals surface area (Å²) in [4.78, 5) is 4.54. The van der Waals surface area contributed by atoms with Crippen molar-refractivity contribution >= 4 is 11.3 Å². The number of hydrogen-bond donors (Lipinski definition) is 1. The Labute approximate surface area is 124 Å². The summed E-state index contributed by atoms with van der Waals surface area (Å²) in [6, 6.07) is 5.87. The second kappa shape index (κ2) is 6.86. The third-order valence-electron chi connectivity index (χ3n) is 3.05. The Hall–Kier alpha value is -1.39. The maximum absolute atomic E-state index is 9.81. The van der Waals surface area contributed by atoms with Crippen LogP contribution in [0.4, 0.5) is 0 Å². The number of aromatic nitrogens is 1. The molecule has 0 saturated heterocycles. The van der Waals surface area contributed by atoms with Crippen LogP contribution < -0.4 is 4.74 Å². The fraction of sp³-hybridized carbons (Fsp3) is 0.438. The molecule has 0 aliphatic carbocycles. The molecule has 0 bridgehead atoms. The molecule has 1 unspecified atom stereocenters. The molecular formula is C16H21NO2S. The van der Waals surface area contributed by atoms with Gasteiger partial charge >= 0.3 is 0 Å². The SMILES string of the molecule is CCCc1nc(COc2ccc(C)cc2C(C)O)cs1. The van der Waals surface area contributed by atoms with Crippen LogP contribution in [0.15, 0.2) is 23.6 Å². The van der Waals surface area contributed by atoms with E-state index in [1.807, 2.05) is 30.5 Å². The molecule has 20 heavy (non-hydrogen) atoms. The van der Waals surface area contributed by atoms with Gasteiger partial charge in [-0.25, -0.2) is 4.98 Å². The molecule has 0 amide bonds. The van der Waals surface area contributed by atoms with Gasteiger partial charge in [-0.3, -0.25) is 0 Å². The molecule has 0 aliphatic heterocycles. The smallest absolute Gasteiger partial charge is 0.131 e. The van der Waals surface area contributed by atoms with E-state index in [1.54, 1.807) is 18.3 Å². The number of ether oxygens (including phenoxy) is 1. The number of benzene rings is 1. The van der Waals surface area contributed by atoms with Gasteiger partial charge in [0.15, 0.2) is 0 Å². The van der Waals surface area contributed by atoms with E-state index < -0.39 is 6.10 Å². The minimum absolute atomic E-state index is 0.447. The number of thiazole rings is 1. The van der Waals surface area contributed by atoms with Crippen LogP contribution in [0.5, 0.6) is 5.75 Å². The lowest BCUT2D eigenvalue weighted by molar-refractivity contribution is 0.189. The van der Waals surface area contributed by atoms with E-state index in [0.717, 1.165) is 40.4 Å². The molecule has 2 aromatic rings. The third-order valence-corrected chi connectivity index (χ3v) is 4.01. The van der Waals surface area contributed by atoms with Crippen molar-refractivity contribution in [3.8, 4) is 5.75 Å². The van der Waals surface area contributed by atoms with Gasteiger partial charge in [0.2, 0.25) is 0 Å². The lowest BCUT2D eigenvalue weighted by Gasteiger charge is -2.13. The molecule has 1 atom stereocenters. The summed E-state index contributed by atoms with van der Waals surface area (Å²) < 4.78 is 5.82. The predicted octanol–water partition coefficient (Wildman–Crippen LogP) is 4.04. The van der Waals surface area contributed by atoms with Gasteiger partial charge in [0.05, 0.1) is 16.8 Å². The summed E-state index contributed by atoms with van der Waals surface area (Å²) in [5, 5.41) is 13.0. The monoisotopic (exact) mass is 291 g/mol. The van der Waals surface area contributed by atoms with Crippen LogP contribution in [0.3, 0.4) is 0 Å². The van der Waals surface area contributed by atoms with Crippen LogP contribution in [0.2, 0.25) is 0 Å². The minimum atomic E-state index is -0.531. The first kappa shape index (κ1) is 15.0. The van der Waals surface area contributed by atoms with E-state index >= 15 is 0 Å². The summed E-state index contributed by atoms with van der Waals surface area (Å²) in [5.74, 6) is 0.732. The van der Waals surface area contributed by atoms with E-state index in [-0.39, 0.29) is 0 Å². The normalized spacial score (nSPS) is 12.4. The lowest BCUT2D eigenvalue weighted by Crippen LogP contribution is -2.02. The summed E-state index contributed by atoms with van der Waals surface area (Å²) in [5.41, 5.74) is 2.90. The first-order chi connectivity index (χ1) is 9.60. The number of rotatable bonds is 6. The van der Waals surface area contributed by atoms with Crippen LogP contribution in [0.25, 0.3) is 0 Å². The van der Waals surface area contributed by atoms with Gasteiger partial charge < -0.3 is 9.84 Å². The Morgan fingerprint density at radius 1 is 1.40 bits per heavy atom. The average Bonchev–Trinajstić information content (AvgIpc) is 2.85. The number of aryl methyl sites for hydroxylation is 2. The van der Waals surface area contributed by atoms with Crippen LogP contribution in [-0.4, -0.2) is 10.1 Å². The average molecular weight is 291 g/mol. The van der Waals surface area contributed by atoms with Gasteiger partial charge in [0.25, 0.3) is 0 Å². The van der Waals surface area contributed by atoms with Gasteiger partial charge in [-0.1, -0.05) is 18.6 Å². The molecule has 1 aromatic carbocycles. The van der Waals surface area contributed by atoms with E-state index in [4.69, 9.17) is 4.74 Å². The molecule has 0 saturated carbocycles. The molecule has 0 aliphatic rings. The maximum atomic E-state index is 9.81. The number of aliphatic hydroxyl groups is 1. The molecule has 4 heteroatoms. The van der Waals surface area contributed by atoms with Gasteiger partial charge in [-0.05, 0) is 38.8 Å². The van der Waals surface area contributed by atoms with Crippen molar-refractivity contribution in [3.05, 3.63) is 45.4 Å². The van der Waals surface area contributed by atoms with Gasteiger partial charge in [-0.15, -0.1) is 11.3 Å². The number of aliphatic hydroxyl groups excluding tert-OH is 1. The summed E-state index contributed by atoms with van der Waals surface area (Å²) >= 11 is 1.68. The molecule has 108 valence electrons. The van der Waals surface area contributed by atoms with Crippen molar-refractivity contribution in [2.24, 2.45) is 0 Å². The molecule has 1 N–H and O–H groups in total. The highest BCUT2D eigenvalue weighted by Gasteiger charge is 2.10. The lowest BCUT2D eigenvalue weighted by atomic mass is 10.1. The summed E-state index contributed by atoms with van der Waals surface area (Å²) in [6.07, 6.45) is 1.60. The Balaban J connectivity index is 2.06. The van der Waals surface area contributed by atoms with Crippen LogP contribution >= 0.6 is 11.3 Å². The van der Waals surface area contributed by atoms with Crippen LogP contribution in [-0.2, 0) is 13.0 Å². The first-order valence-corrected chi connectivity index (χ1v) is 7.82. The Morgan fingerprint density at radius 2 is 2.20 bits per heavy atom. The summed E-state index contributed by atoms with van der Waals surface area (Å²) in [6.45, 7) is 6.36. The second-order valence-corrected chi connectivity index (χ2v) is 5.93. The van der Waals surface area contributed by atoms with Gasteiger partial charge in [0, 0.05) is 10.9 Å². The highest BCUT2D eigenvalue weighted by Crippen LogP contribution is 2.27. The highest BCUT2D eigenvalue weighted by molar-refractivity contribution is 7.09. The zero-order chi connectivity index (χ0) is 14.5. The second-order valence-electron chi connectivity index (χ2n) is 4.99. The van der Waals surface area contributed by atoms with Crippen molar-refractivity contribution in [2.75, 3.05) is 0 Å². The number of hydrogen-bond acceptors (Lipinski definition) is 4. The van der Waals surface area contributed by atoms with E-state index in [2.05, 4.69) is 11.9 Å². The van der Waals surface area contributed by atoms with E-state index in [9.17, 15) is 5.11 Å². The third kappa shape index (κ3) is 3.81. The van der Waals surface area contributed by atoms with Crippen molar-refractivity contribution in [3.63, 3.8) is 0 Å². The molecule has 1 aromatic heterocycles. The molecular weight excluding hydrogens is 270 g/mol. The minimum Gasteiger partial charge on any atom is -0.487 e. The van der Waals surface area contributed by atoms with Crippen molar-refractivity contribution in [1.82, 2.24) is 4.98 Å². The molecule has 0 radical (unpaired) electrons. The molecule has 3 nitrogen and oxygen atoms in total.